The minimum atomic E-state index is -1.12. The van der Waals surface area contributed by atoms with E-state index in [0.29, 0.717) is 12.2 Å². The van der Waals surface area contributed by atoms with E-state index in [0.717, 1.165) is 16.7 Å². The largest absolute Gasteiger partial charge is 0.492 e. The Balaban J connectivity index is 1.55. The van der Waals surface area contributed by atoms with Crippen LogP contribution < -0.4 is 10.1 Å². The van der Waals surface area contributed by atoms with Crippen LogP contribution in [0.3, 0.4) is 0 Å². The van der Waals surface area contributed by atoms with E-state index in [1.165, 1.54) is 4.90 Å². The third kappa shape index (κ3) is 3.92. The number of benzene rings is 3. The summed E-state index contributed by atoms with van der Waals surface area (Å²) in [4.78, 5) is 27.6. The lowest BCUT2D eigenvalue weighted by atomic mass is 9.83. The molecule has 0 bridgehead atoms. The fraction of sp³-hybridized carbons (Fsp3) is 0.200. The van der Waals surface area contributed by atoms with Crippen molar-refractivity contribution in [3.63, 3.8) is 0 Å². The van der Waals surface area contributed by atoms with E-state index < -0.39 is 11.6 Å². The van der Waals surface area contributed by atoms with Crippen molar-refractivity contribution in [1.82, 2.24) is 10.2 Å². The van der Waals surface area contributed by atoms with Crippen molar-refractivity contribution in [3.05, 3.63) is 102 Å². The first-order valence-corrected chi connectivity index (χ1v) is 10.0. The molecule has 30 heavy (non-hydrogen) atoms. The first-order chi connectivity index (χ1) is 14.6. The number of hydrogen-bond donors (Lipinski definition) is 1. The summed E-state index contributed by atoms with van der Waals surface area (Å²) in [5, 5.41) is 2.97. The fourth-order valence-electron chi connectivity index (χ4n) is 3.76. The highest BCUT2D eigenvalue weighted by atomic mass is 16.5. The zero-order valence-corrected chi connectivity index (χ0v) is 16.9. The van der Waals surface area contributed by atoms with Gasteiger partial charge in [-0.25, -0.2) is 4.79 Å². The van der Waals surface area contributed by atoms with Crippen molar-refractivity contribution in [2.45, 2.75) is 18.9 Å². The summed E-state index contributed by atoms with van der Waals surface area (Å²) in [6.45, 7) is 2.42. The Labute approximate surface area is 176 Å². The predicted molar refractivity (Wildman–Crippen MR) is 115 cm³/mol. The predicted octanol–water partition coefficient (Wildman–Crippen LogP) is 4.06. The molecule has 152 valence electrons. The van der Waals surface area contributed by atoms with Crippen molar-refractivity contribution in [1.29, 1.82) is 0 Å². The molecular formula is C25H24N2O3. The number of hydrogen-bond acceptors (Lipinski definition) is 3. The molecule has 3 amide bonds. The highest BCUT2D eigenvalue weighted by molar-refractivity contribution is 6.07. The molecule has 5 heteroatoms. The van der Waals surface area contributed by atoms with E-state index in [9.17, 15) is 9.59 Å². The smallest absolute Gasteiger partial charge is 0.325 e. The fourth-order valence-corrected chi connectivity index (χ4v) is 3.76. The maximum Gasteiger partial charge on any atom is 0.325 e. The Morgan fingerprint density at radius 3 is 2.17 bits per heavy atom. The lowest BCUT2D eigenvalue weighted by molar-refractivity contribution is -0.131. The molecular weight excluding hydrogens is 376 g/mol. The van der Waals surface area contributed by atoms with Crippen LogP contribution in [-0.2, 0) is 16.8 Å². The van der Waals surface area contributed by atoms with E-state index in [2.05, 4.69) is 5.32 Å². The number of carbonyl (C=O) groups excluding carboxylic acids is 2. The molecule has 3 aromatic carbocycles. The second-order valence-corrected chi connectivity index (χ2v) is 7.48. The Kier molecular flexibility index (Phi) is 5.53. The lowest BCUT2D eigenvalue weighted by Crippen LogP contribution is -2.46. The van der Waals surface area contributed by atoms with Crippen molar-refractivity contribution in [2.24, 2.45) is 0 Å². The quantitative estimate of drug-likeness (QED) is 0.609. The highest BCUT2D eigenvalue weighted by Crippen LogP contribution is 2.33. The van der Waals surface area contributed by atoms with Gasteiger partial charge in [0, 0.05) is 6.42 Å². The molecule has 4 rings (SSSR count). The third-order valence-electron chi connectivity index (χ3n) is 5.36. The second kappa shape index (κ2) is 8.41. The van der Waals surface area contributed by atoms with Gasteiger partial charge < -0.3 is 10.1 Å². The topological polar surface area (TPSA) is 58.6 Å². The van der Waals surface area contributed by atoms with Gasteiger partial charge in [0.25, 0.3) is 5.91 Å². The van der Waals surface area contributed by atoms with Gasteiger partial charge in [-0.05, 0) is 30.2 Å². The molecule has 1 aliphatic rings. The average Bonchev–Trinajstić information content (AvgIpc) is 3.01. The van der Waals surface area contributed by atoms with Gasteiger partial charge >= 0.3 is 6.03 Å². The van der Waals surface area contributed by atoms with Gasteiger partial charge in [0.2, 0.25) is 0 Å². The maximum absolute atomic E-state index is 13.5. The Hall–Kier alpha value is -3.60. The molecule has 0 aliphatic carbocycles. The molecule has 0 aromatic heterocycles. The van der Waals surface area contributed by atoms with Crippen molar-refractivity contribution in [2.75, 3.05) is 13.2 Å². The molecule has 0 spiro atoms. The van der Waals surface area contributed by atoms with Gasteiger partial charge in [0.15, 0.2) is 5.54 Å². The molecule has 0 saturated carbocycles. The van der Waals surface area contributed by atoms with Gasteiger partial charge in [0.05, 0.1) is 6.54 Å². The molecule has 1 saturated heterocycles. The van der Waals surface area contributed by atoms with E-state index in [1.807, 2.05) is 91.9 Å². The van der Waals surface area contributed by atoms with Crippen LogP contribution in [0, 0.1) is 6.92 Å². The van der Waals surface area contributed by atoms with Gasteiger partial charge in [-0.3, -0.25) is 9.69 Å². The van der Waals surface area contributed by atoms with Gasteiger partial charge in [0.1, 0.15) is 12.4 Å². The van der Waals surface area contributed by atoms with Gasteiger partial charge in [-0.1, -0.05) is 78.4 Å². The average molecular weight is 400 g/mol. The lowest BCUT2D eigenvalue weighted by Gasteiger charge is -2.27. The van der Waals surface area contributed by atoms with E-state index in [1.54, 1.807) is 0 Å². The monoisotopic (exact) mass is 400 g/mol. The van der Waals surface area contributed by atoms with Crippen LogP contribution in [0.1, 0.15) is 16.7 Å². The first-order valence-electron chi connectivity index (χ1n) is 10.0. The zero-order valence-electron chi connectivity index (χ0n) is 16.9. The van der Waals surface area contributed by atoms with Gasteiger partial charge in [-0.15, -0.1) is 0 Å². The maximum atomic E-state index is 13.5. The molecule has 1 atom stereocenters. The summed E-state index contributed by atoms with van der Waals surface area (Å²) >= 11 is 0. The van der Waals surface area contributed by atoms with Crippen LogP contribution in [-0.4, -0.2) is 30.0 Å². The Morgan fingerprint density at radius 2 is 1.50 bits per heavy atom. The third-order valence-corrected chi connectivity index (χ3v) is 5.36. The van der Waals surface area contributed by atoms with Gasteiger partial charge in [-0.2, -0.15) is 0 Å². The number of imide groups is 1. The molecule has 1 aliphatic heterocycles. The number of rotatable bonds is 7. The van der Waals surface area contributed by atoms with Crippen molar-refractivity contribution < 1.29 is 14.3 Å². The number of nitrogens with zero attached hydrogens (tertiary/aromatic N) is 1. The van der Waals surface area contributed by atoms with Crippen molar-refractivity contribution >= 4 is 11.9 Å². The standard InChI is InChI=1S/C25H24N2O3/c1-19-12-14-22(15-13-19)30-17-16-27-23(28)25(26-24(27)29,21-10-6-3-7-11-21)18-20-8-4-2-5-9-20/h2-15H,16-18H2,1H3,(H,26,29)/t25-/m0/s1. The summed E-state index contributed by atoms with van der Waals surface area (Å²) in [5.74, 6) is 0.460. The van der Waals surface area contributed by atoms with E-state index in [4.69, 9.17) is 4.74 Å². The molecule has 1 fully saturated rings. The van der Waals surface area contributed by atoms with Crippen LogP contribution in [0.25, 0.3) is 0 Å². The van der Waals surface area contributed by atoms with E-state index >= 15 is 0 Å². The summed E-state index contributed by atoms with van der Waals surface area (Å²) in [6.07, 6.45) is 0.387. The number of nitrogens with one attached hydrogen (secondary N) is 1. The van der Waals surface area contributed by atoms with Crippen LogP contribution in [0.15, 0.2) is 84.9 Å². The van der Waals surface area contributed by atoms with E-state index in [-0.39, 0.29) is 19.1 Å². The van der Waals surface area contributed by atoms with Crippen LogP contribution in [0.2, 0.25) is 0 Å². The molecule has 3 aromatic rings. The number of amides is 3. The zero-order chi connectivity index (χ0) is 21.0. The minimum absolute atomic E-state index is 0.182. The van der Waals surface area contributed by atoms with Crippen LogP contribution in [0.4, 0.5) is 4.79 Å². The minimum Gasteiger partial charge on any atom is -0.492 e. The summed E-state index contributed by atoms with van der Waals surface area (Å²) in [6, 6.07) is 26.4. The van der Waals surface area contributed by atoms with Crippen molar-refractivity contribution in [3.8, 4) is 5.75 Å². The highest BCUT2D eigenvalue weighted by Gasteiger charge is 2.52. The SMILES string of the molecule is Cc1ccc(OCCN2C(=O)N[C@@](Cc3ccccc3)(c3ccccc3)C2=O)cc1. The Bertz CT molecular complexity index is 1020. The number of aryl methyl sites for hydroxylation is 1. The molecule has 5 nitrogen and oxygen atoms in total. The second-order valence-electron chi connectivity index (χ2n) is 7.48. The number of ether oxygens (including phenoxy) is 1. The summed E-state index contributed by atoms with van der Waals surface area (Å²) < 4.78 is 5.74. The molecule has 0 unspecified atom stereocenters. The Morgan fingerprint density at radius 1 is 0.867 bits per heavy atom. The molecule has 1 N–H and O–H groups in total. The first kappa shape index (κ1) is 19.7. The normalized spacial score (nSPS) is 18.4. The van der Waals surface area contributed by atoms with Crippen LogP contribution >= 0.6 is 0 Å². The number of urea groups is 1. The summed E-state index contributed by atoms with van der Waals surface area (Å²) in [5.41, 5.74) is 1.77. The van der Waals surface area contributed by atoms with Crippen LogP contribution in [0.5, 0.6) is 5.75 Å². The molecule has 1 heterocycles. The summed E-state index contributed by atoms with van der Waals surface area (Å²) in [7, 11) is 0. The molecule has 0 radical (unpaired) electrons. The number of carbonyl (C=O) groups is 2.